The van der Waals surface area contributed by atoms with Crippen molar-refractivity contribution in [1.82, 2.24) is 0 Å². The van der Waals surface area contributed by atoms with Crippen molar-refractivity contribution >= 4 is 5.97 Å². The lowest BCUT2D eigenvalue weighted by molar-refractivity contribution is -0.175. The van der Waals surface area contributed by atoms with Crippen molar-refractivity contribution in [3.05, 3.63) is 0 Å². The van der Waals surface area contributed by atoms with E-state index in [9.17, 15) is 9.90 Å². The minimum Gasteiger partial charge on any atom is -0.467 e. The maximum Gasteiger partial charge on any atom is 0.338 e. The molecule has 0 rings (SSSR count). The predicted molar refractivity (Wildman–Crippen MR) is 55.9 cm³/mol. The molecule has 0 aliphatic carbocycles. The molecular formula is C11H22O3. The molecule has 0 bridgehead atoms. The summed E-state index contributed by atoms with van der Waals surface area (Å²) in [6, 6.07) is 0. The van der Waals surface area contributed by atoms with Gasteiger partial charge in [0.2, 0.25) is 0 Å². The van der Waals surface area contributed by atoms with Gasteiger partial charge in [-0.25, -0.2) is 4.79 Å². The van der Waals surface area contributed by atoms with E-state index in [1.807, 2.05) is 27.7 Å². The molecule has 0 amide bonds. The highest BCUT2D eigenvalue weighted by Gasteiger charge is 2.44. The van der Waals surface area contributed by atoms with Crippen molar-refractivity contribution in [1.29, 1.82) is 0 Å². The molecule has 2 atom stereocenters. The molecule has 0 heterocycles. The van der Waals surface area contributed by atoms with E-state index in [1.54, 1.807) is 0 Å². The Hall–Kier alpha value is -0.570. The first-order valence-corrected chi connectivity index (χ1v) is 5.21. The van der Waals surface area contributed by atoms with Crippen LogP contribution in [0.2, 0.25) is 0 Å². The summed E-state index contributed by atoms with van der Waals surface area (Å²) in [5.74, 6) is -0.718. The molecule has 0 aromatic carbocycles. The predicted octanol–water partition coefficient (Wildman–Crippen LogP) is 1.98. The Morgan fingerprint density at radius 3 is 2.21 bits per heavy atom. The Kier molecular flexibility index (Phi) is 5.13. The van der Waals surface area contributed by atoms with Crippen molar-refractivity contribution < 1.29 is 14.6 Å². The SMILES string of the molecule is CCCC(C)C(O)(C(=O)OC)C(C)C. The van der Waals surface area contributed by atoms with Crippen molar-refractivity contribution in [3.63, 3.8) is 0 Å². The highest BCUT2D eigenvalue weighted by atomic mass is 16.5. The Labute approximate surface area is 86.5 Å². The molecule has 2 unspecified atom stereocenters. The molecule has 1 N–H and O–H groups in total. The number of aliphatic hydroxyl groups is 1. The largest absolute Gasteiger partial charge is 0.467 e. The minimum absolute atomic E-state index is 0.0695. The van der Waals surface area contributed by atoms with Gasteiger partial charge < -0.3 is 9.84 Å². The molecule has 0 aliphatic rings. The Balaban J connectivity index is 4.79. The Morgan fingerprint density at radius 2 is 1.93 bits per heavy atom. The first-order valence-electron chi connectivity index (χ1n) is 5.21. The third-order valence-electron chi connectivity index (χ3n) is 2.87. The highest BCUT2D eigenvalue weighted by Crippen LogP contribution is 2.30. The number of ether oxygens (including phenoxy) is 1. The normalized spacial score (nSPS) is 17.6. The second-order valence-electron chi connectivity index (χ2n) is 4.16. The van der Waals surface area contributed by atoms with Crippen LogP contribution in [0.3, 0.4) is 0 Å². The molecule has 84 valence electrons. The molecule has 0 radical (unpaired) electrons. The third-order valence-corrected chi connectivity index (χ3v) is 2.87. The van der Waals surface area contributed by atoms with Crippen molar-refractivity contribution in [2.75, 3.05) is 7.11 Å². The Bertz CT molecular complexity index is 189. The van der Waals surface area contributed by atoms with Crippen LogP contribution in [0.25, 0.3) is 0 Å². The van der Waals surface area contributed by atoms with Crippen LogP contribution in [0.1, 0.15) is 40.5 Å². The van der Waals surface area contributed by atoms with Crippen molar-refractivity contribution in [2.24, 2.45) is 11.8 Å². The van der Waals surface area contributed by atoms with E-state index in [0.29, 0.717) is 0 Å². The minimum atomic E-state index is -1.34. The van der Waals surface area contributed by atoms with Gasteiger partial charge in [0.15, 0.2) is 5.60 Å². The summed E-state index contributed by atoms with van der Waals surface area (Å²) in [4.78, 5) is 11.5. The smallest absolute Gasteiger partial charge is 0.338 e. The lowest BCUT2D eigenvalue weighted by atomic mass is 9.77. The van der Waals surface area contributed by atoms with Gasteiger partial charge in [0, 0.05) is 0 Å². The van der Waals surface area contributed by atoms with Gasteiger partial charge in [-0.2, -0.15) is 0 Å². The molecule has 0 aliphatic heterocycles. The fourth-order valence-corrected chi connectivity index (χ4v) is 1.82. The van der Waals surface area contributed by atoms with E-state index in [-0.39, 0.29) is 11.8 Å². The average molecular weight is 202 g/mol. The molecule has 14 heavy (non-hydrogen) atoms. The van der Waals surface area contributed by atoms with Gasteiger partial charge in [-0.15, -0.1) is 0 Å². The van der Waals surface area contributed by atoms with Crippen LogP contribution >= 0.6 is 0 Å². The fourth-order valence-electron chi connectivity index (χ4n) is 1.82. The van der Waals surface area contributed by atoms with Crippen LogP contribution in [-0.4, -0.2) is 23.8 Å². The molecular weight excluding hydrogens is 180 g/mol. The lowest BCUT2D eigenvalue weighted by Gasteiger charge is -2.34. The number of methoxy groups -OCH3 is 1. The quantitative estimate of drug-likeness (QED) is 0.693. The topological polar surface area (TPSA) is 46.5 Å². The zero-order chi connectivity index (χ0) is 11.4. The van der Waals surface area contributed by atoms with Crippen molar-refractivity contribution in [2.45, 2.75) is 46.1 Å². The third kappa shape index (κ3) is 2.47. The zero-order valence-corrected chi connectivity index (χ0v) is 9.83. The lowest BCUT2D eigenvalue weighted by Crippen LogP contribution is -2.50. The van der Waals surface area contributed by atoms with E-state index in [4.69, 9.17) is 0 Å². The molecule has 0 fully saturated rings. The summed E-state index contributed by atoms with van der Waals surface area (Å²) in [6.45, 7) is 7.60. The van der Waals surface area contributed by atoms with Gasteiger partial charge in [0.1, 0.15) is 0 Å². The summed E-state index contributed by atoms with van der Waals surface area (Å²) in [5.41, 5.74) is -1.34. The summed E-state index contributed by atoms with van der Waals surface area (Å²) in [7, 11) is 1.31. The van der Waals surface area contributed by atoms with Crippen LogP contribution in [0.5, 0.6) is 0 Å². The molecule has 0 saturated carbocycles. The van der Waals surface area contributed by atoms with E-state index in [2.05, 4.69) is 4.74 Å². The van der Waals surface area contributed by atoms with E-state index >= 15 is 0 Å². The van der Waals surface area contributed by atoms with Gasteiger partial charge in [-0.1, -0.05) is 34.1 Å². The van der Waals surface area contributed by atoms with Gasteiger partial charge in [0.05, 0.1) is 7.11 Å². The number of carbonyl (C=O) groups excluding carboxylic acids is 1. The molecule has 0 saturated heterocycles. The molecule has 0 spiro atoms. The van der Waals surface area contributed by atoms with Crippen LogP contribution in [0, 0.1) is 11.8 Å². The molecule has 3 heteroatoms. The summed E-state index contributed by atoms with van der Waals surface area (Å²) in [5, 5.41) is 10.3. The van der Waals surface area contributed by atoms with Gasteiger partial charge >= 0.3 is 5.97 Å². The second-order valence-corrected chi connectivity index (χ2v) is 4.16. The number of carbonyl (C=O) groups is 1. The van der Waals surface area contributed by atoms with E-state index < -0.39 is 11.6 Å². The van der Waals surface area contributed by atoms with Gasteiger partial charge in [-0.3, -0.25) is 0 Å². The van der Waals surface area contributed by atoms with Crippen molar-refractivity contribution in [3.8, 4) is 0 Å². The monoisotopic (exact) mass is 202 g/mol. The van der Waals surface area contributed by atoms with E-state index in [1.165, 1.54) is 7.11 Å². The van der Waals surface area contributed by atoms with Crippen LogP contribution in [-0.2, 0) is 9.53 Å². The van der Waals surface area contributed by atoms with Crippen LogP contribution in [0.4, 0.5) is 0 Å². The maximum atomic E-state index is 11.5. The van der Waals surface area contributed by atoms with Gasteiger partial charge in [0.25, 0.3) is 0 Å². The van der Waals surface area contributed by atoms with Crippen LogP contribution in [0.15, 0.2) is 0 Å². The summed E-state index contributed by atoms with van der Waals surface area (Å²) in [6.07, 6.45) is 1.77. The first-order chi connectivity index (χ1) is 6.41. The zero-order valence-electron chi connectivity index (χ0n) is 9.83. The molecule has 0 aromatic heterocycles. The fraction of sp³-hybridized carbons (Fsp3) is 0.909. The average Bonchev–Trinajstić information content (AvgIpc) is 2.15. The standard InChI is InChI=1S/C11H22O3/c1-6-7-9(4)11(13,8(2)3)10(12)14-5/h8-9,13H,6-7H2,1-5H3. The van der Waals surface area contributed by atoms with E-state index in [0.717, 1.165) is 12.8 Å². The molecule has 0 aromatic rings. The first kappa shape index (κ1) is 13.4. The summed E-state index contributed by atoms with van der Waals surface area (Å²) >= 11 is 0. The summed E-state index contributed by atoms with van der Waals surface area (Å²) < 4.78 is 4.66. The number of rotatable bonds is 5. The van der Waals surface area contributed by atoms with Gasteiger partial charge in [-0.05, 0) is 18.3 Å². The highest BCUT2D eigenvalue weighted by molar-refractivity contribution is 5.79. The molecule has 3 nitrogen and oxygen atoms in total. The van der Waals surface area contributed by atoms with Crippen LogP contribution < -0.4 is 0 Å². The number of hydrogen-bond donors (Lipinski definition) is 1. The second kappa shape index (κ2) is 5.35. The Morgan fingerprint density at radius 1 is 1.43 bits per heavy atom. The maximum absolute atomic E-state index is 11.5. The number of esters is 1. The number of hydrogen-bond acceptors (Lipinski definition) is 3.